The topological polar surface area (TPSA) is 30.7 Å². The third-order valence-electron chi connectivity index (χ3n) is 2.46. The number of aryl methyl sites for hydroxylation is 2. The van der Waals surface area contributed by atoms with Gasteiger partial charge in [0.25, 0.3) is 0 Å². The summed E-state index contributed by atoms with van der Waals surface area (Å²) in [6.07, 6.45) is 3.45. The fourth-order valence-corrected chi connectivity index (χ4v) is 1.46. The maximum Gasteiger partial charge on any atom is 0.143 e. The standard InChI is InChI=1S/C9H11N3/c1-6-7(2)12(3)9-8(6)4-10-5-11-9/h4-5H,1-3H3. The highest BCUT2D eigenvalue weighted by molar-refractivity contribution is 5.80. The molecule has 0 aromatic carbocycles. The molecule has 2 heterocycles. The highest BCUT2D eigenvalue weighted by Gasteiger charge is 2.07. The van der Waals surface area contributed by atoms with E-state index >= 15 is 0 Å². The Labute approximate surface area is 71.1 Å². The van der Waals surface area contributed by atoms with Crippen LogP contribution in [0.1, 0.15) is 11.3 Å². The van der Waals surface area contributed by atoms with Crippen molar-refractivity contribution in [2.45, 2.75) is 13.8 Å². The minimum Gasteiger partial charge on any atom is -0.333 e. The van der Waals surface area contributed by atoms with Crippen LogP contribution in [-0.4, -0.2) is 14.5 Å². The molecule has 2 aromatic rings. The lowest BCUT2D eigenvalue weighted by molar-refractivity contribution is 0.893. The minimum absolute atomic E-state index is 1.01. The normalized spacial score (nSPS) is 10.9. The molecule has 0 fully saturated rings. The Bertz CT molecular complexity index is 390. The Balaban J connectivity index is 2.99. The van der Waals surface area contributed by atoms with Gasteiger partial charge in [-0.2, -0.15) is 0 Å². The molecule has 2 aromatic heterocycles. The van der Waals surface area contributed by atoms with Crippen molar-refractivity contribution in [2.24, 2.45) is 7.05 Å². The molecule has 0 atom stereocenters. The van der Waals surface area contributed by atoms with Gasteiger partial charge in [0, 0.05) is 24.3 Å². The lowest BCUT2D eigenvalue weighted by Gasteiger charge is -1.95. The van der Waals surface area contributed by atoms with E-state index in [9.17, 15) is 0 Å². The first-order valence-electron chi connectivity index (χ1n) is 3.93. The van der Waals surface area contributed by atoms with Crippen LogP contribution in [0, 0.1) is 13.8 Å². The molecule has 3 heteroatoms. The van der Waals surface area contributed by atoms with Gasteiger partial charge in [-0.05, 0) is 19.4 Å². The molecule has 62 valence electrons. The van der Waals surface area contributed by atoms with Crippen molar-refractivity contribution in [3.05, 3.63) is 23.8 Å². The summed E-state index contributed by atoms with van der Waals surface area (Å²) in [4.78, 5) is 8.22. The van der Waals surface area contributed by atoms with Gasteiger partial charge in [0.05, 0.1) is 0 Å². The third-order valence-corrected chi connectivity index (χ3v) is 2.46. The van der Waals surface area contributed by atoms with Crippen LogP contribution in [0.5, 0.6) is 0 Å². The van der Waals surface area contributed by atoms with Gasteiger partial charge < -0.3 is 4.57 Å². The first-order chi connectivity index (χ1) is 5.72. The van der Waals surface area contributed by atoms with Crippen LogP contribution in [0.25, 0.3) is 11.0 Å². The zero-order valence-corrected chi connectivity index (χ0v) is 7.50. The molecule has 12 heavy (non-hydrogen) atoms. The van der Waals surface area contributed by atoms with Gasteiger partial charge in [-0.3, -0.25) is 0 Å². The van der Waals surface area contributed by atoms with Crippen LogP contribution in [0.15, 0.2) is 12.5 Å². The molecular formula is C9H11N3. The summed E-state index contributed by atoms with van der Waals surface area (Å²) < 4.78 is 2.09. The van der Waals surface area contributed by atoms with Crippen molar-refractivity contribution >= 4 is 11.0 Å². The van der Waals surface area contributed by atoms with Crippen molar-refractivity contribution in [1.82, 2.24) is 14.5 Å². The fourth-order valence-electron chi connectivity index (χ4n) is 1.46. The Kier molecular flexibility index (Phi) is 1.40. The van der Waals surface area contributed by atoms with E-state index in [0.717, 1.165) is 11.0 Å². The smallest absolute Gasteiger partial charge is 0.143 e. The van der Waals surface area contributed by atoms with Crippen molar-refractivity contribution in [2.75, 3.05) is 0 Å². The number of hydrogen-bond acceptors (Lipinski definition) is 2. The molecular weight excluding hydrogens is 150 g/mol. The molecule has 0 amide bonds. The summed E-state index contributed by atoms with van der Waals surface area (Å²) in [5, 5.41) is 1.15. The fraction of sp³-hybridized carbons (Fsp3) is 0.333. The summed E-state index contributed by atoms with van der Waals surface area (Å²) in [6.45, 7) is 4.19. The molecule has 0 radical (unpaired) electrons. The van der Waals surface area contributed by atoms with Gasteiger partial charge in [0.2, 0.25) is 0 Å². The van der Waals surface area contributed by atoms with Crippen LogP contribution in [0.3, 0.4) is 0 Å². The third kappa shape index (κ3) is 0.763. The zero-order valence-electron chi connectivity index (χ0n) is 7.50. The van der Waals surface area contributed by atoms with Crippen LogP contribution >= 0.6 is 0 Å². The van der Waals surface area contributed by atoms with Crippen molar-refractivity contribution < 1.29 is 0 Å². The van der Waals surface area contributed by atoms with Crippen LogP contribution < -0.4 is 0 Å². The van der Waals surface area contributed by atoms with Crippen molar-refractivity contribution in [3.8, 4) is 0 Å². The summed E-state index contributed by atoms with van der Waals surface area (Å²) in [5.74, 6) is 0. The summed E-state index contributed by atoms with van der Waals surface area (Å²) in [5.41, 5.74) is 3.54. The Morgan fingerprint density at radius 2 is 2.08 bits per heavy atom. The number of rotatable bonds is 0. The first kappa shape index (κ1) is 7.28. The minimum atomic E-state index is 1.01. The second-order valence-electron chi connectivity index (χ2n) is 3.03. The SMILES string of the molecule is Cc1c(C)n(C)c2ncncc12. The van der Waals surface area contributed by atoms with E-state index in [2.05, 4.69) is 28.4 Å². The molecule has 0 saturated carbocycles. The molecule has 0 unspecified atom stereocenters. The Morgan fingerprint density at radius 1 is 1.33 bits per heavy atom. The summed E-state index contributed by atoms with van der Waals surface area (Å²) in [6, 6.07) is 0. The maximum absolute atomic E-state index is 4.21. The van der Waals surface area contributed by atoms with Gasteiger partial charge in [-0.15, -0.1) is 0 Å². The predicted molar refractivity (Wildman–Crippen MR) is 48.0 cm³/mol. The number of hydrogen-bond donors (Lipinski definition) is 0. The molecule has 0 saturated heterocycles. The van der Waals surface area contributed by atoms with Gasteiger partial charge >= 0.3 is 0 Å². The van der Waals surface area contributed by atoms with E-state index < -0.39 is 0 Å². The van der Waals surface area contributed by atoms with Gasteiger partial charge in [-0.1, -0.05) is 0 Å². The van der Waals surface area contributed by atoms with Gasteiger partial charge in [0.1, 0.15) is 12.0 Å². The lowest BCUT2D eigenvalue weighted by atomic mass is 10.2. The van der Waals surface area contributed by atoms with Gasteiger partial charge in [0.15, 0.2) is 0 Å². The summed E-state index contributed by atoms with van der Waals surface area (Å²) >= 11 is 0. The second-order valence-corrected chi connectivity index (χ2v) is 3.03. The van der Waals surface area contributed by atoms with Crippen LogP contribution in [-0.2, 0) is 7.05 Å². The monoisotopic (exact) mass is 161 g/mol. The molecule has 2 rings (SSSR count). The molecule has 3 nitrogen and oxygen atoms in total. The highest BCUT2D eigenvalue weighted by atomic mass is 15.0. The average Bonchev–Trinajstić information content (AvgIpc) is 2.33. The van der Waals surface area contributed by atoms with E-state index in [-0.39, 0.29) is 0 Å². The van der Waals surface area contributed by atoms with E-state index in [1.54, 1.807) is 6.33 Å². The number of nitrogens with zero attached hydrogens (tertiary/aromatic N) is 3. The molecule has 0 aliphatic carbocycles. The number of aromatic nitrogens is 3. The van der Waals surface area contributed by atoms with Crippen molar-refractivity contribution in [1.29, 1.82) is 0 Å². The van der Waals surface area contributed by atoms with E-state index in [1.807, 2.05) is 13.2 Å². The predicted octanol–water partition coefficient (Wildman–Crippen LogP) is 1.59. The molecule has 0 aliphatic rings. The maximum atomic E-state index is 4.21. The average molecular weight is 161 g/mol. The number of fused-ring (bicyclic) bond motifs is 1. The lowest BCUT2D eigenvalue weighted by Crippen LogP contribution is -1.91. The van der Waals surface area contributed by atoms with Gasteiger partial charge in [-0.25, -0.2) is 9.97 Å². The first-order valence-corrected chi connectivity index (χ1v) is 3.93. The van der Waals surface area contributed by atoms with E-state index in [0.29, 0.717) is 0 Å². The molecule has 0 spiro atoms. The highest BCUT2D eigenvalue weighted by Crippen LogP contribution is 2.20. The second kappa shape index (κ2) is 2.30. The molecule has 0 N–H and O–H groups in total. The van der Waals surface area contributed by atoms with Crippen molar-refractivity contribution in [3.63, 3.8) is 0 Å². The Hall–Kier alpha value is -1.38. The van der Waals surface area contributed by atoms with E-state index in [1.165, 1.54) is 11.3 Å². The summed E-state index contributed by atoms with van der Waals surface area (Å²) in [7, 11) is 2.03. The van der Waals surface area contributed by atoms with Crippen LogP contribution in [0.4, 0.5) is 0 Å². The zero-order chi connectivity index (χ0) is 8.72. The molecule has 0 bridgehead atoms. The quantitative estimate of drug-likeness (QED) is 0.587. The van der Waals surface area contributed by atoms with E-state index in [4.69, 9.17) is 0 Å². The molecule has 0 aliphatic heterocycles. The Morgan fingerprint density at radius 3 is 2.75 bits per heavy atom. The van der Waals surface area contributed by atoms with Crippen LogP contribution in [0.2, 0.25) is 0 Å². The largest absolute Gasteiger partial charge is 0.333 e.